The van der Waals surface area contributed by atoms with Gasteiger partial charge in [0.1, 0.15) is 0 Å². The van der Waals surface area contributed by atoms with Gasteiger partial charge in [0.25, 0.3) is 0 Å². The minimum absolute atomic E-state index is 0.924. The highest BCUT2D eigenvalue weighted by Gasteiger charge is 2.02. The van der Waals surface area contributed by atoms with Crippen LogP contribution in [-0.2, 0) is 0 Å². The summed E-state index contributed by atoms with van der Waals surface area (Å²) >= 11 is 9.30. The van der Waals surface area contributed by atoms with Crippen LogP contribution in [-0.4, -0.2) is 6.26 Å². The van der Waals surface area contributed by atoms with Gasteiger partial charge in [0, 0.05) is 15.2 Å². The topological polar surface area (TPSA) is 0 Å². The van der Waals surface area contributed by atoms with Crippen LogP contribution >= 0.6 is 34.7 Å². The second-order valence-corrected chi connectivity index (χ2v) is 3.98. The van der Waals surface area contributed by atoms with E-state index in [-0.39, 0.29) is 0 Å². The van der Waals surface area contributed by atoms with Crippen LogP contribution in [0.5, 0.6) is 0 Å². The molecule has 1 rings (SSSR count). The van der Waals surface area contributed by atoms with Crippen LogP contribution in [0, 0.1) is 6.92 Å². The van der Waals surface area contributed by atoms with E-state index in [9.17, 15) is 0 Å². The highest BCUT2D eigenvalue weighted by atomic mass is 35.5. The molecule has 0 nitrogen and oxygen atoms in total. The first kappa shape index (κ1) is 7.45. The predicted octanol–water partition coefficient (Wildman–Crippen LogP) is 3.43. The van der Waals surface area contributed by atoms with Crippen LogP contribution in [0.3, 0.4) is 0 Å². The van der Waals surface area contributed by atoms with Crippen molar-refractivity contribution in [3.8, 4) is 0 Å². The van der Waals surface area contributed by atoms with Crippen molar-refractivity contribution >= 4 is 34.7 Å². The molecule has 0 N–H and O–H groups in total. The predicted molar refractivity (Wildman–Crippen MR) is 45.8 cm³/mol. The molecule has 0 unspecified atom stereocenters. The minimum atomic E-state index is 0.924. The van der Waals surface area contributed by atoms with Gasteiger partial charge in [-0.05, 0) is 13.2 Å². The van der Waals surface area contributed by atoms with Crippen molar-refractivity contribution in [1.82, 2.24) is 0 Å². The second-order valence-electron chi connectivity index (χ2n) is 1.67. The van der Waals surface area contributed by atoms with Gasteiger partial charge >= 0.3 is 0 Å². The Morgan fingerprint density at radius 3 is 2.56 bits per heavy atom. The largest absolute Gasteiger partial charge is 0.146 e. The van der Waals surface area contributed by atoms with Gasteiger partial charge in [0.15, 0.2) is 0 Å². The van der Waals surface area contributed by atoms with Gasteiger partial charge in [-0.3, -0.25) is 0 Å². The fraction of sp³-hybridized carbons (Fsp3) is 0.333. The van der Waals surface area contributed by atoms with Gasteiger partial charge in [0.2, 0.25) is 0 Å². The smallest absolute Gasteiger partial charge is 0.0677 e. The Bertz CT molecular complexity index is 205. The molecule has 0 aliphatic heterocycles. The number of thioether (sulfide) groups is 1. The Balaban J connectivity index is 3.04. The normalized spacial score (nSPS) is 10.1. The molecule has 0 atom stereocenters. The quantitative estimate of drug-likeness (QED) is 0.594. The molecule has 1 aromatic heterocycles. The van der Waals surface area contributed by atoms with E-state index in [1.807, 2.05) is 13.2 Å². The molecule has 9 heavy (non-hydrogen) atoms. The number of thiophene rings is 1. The number of hydrogen-bond donors (Lipinski definition) is 0. The maximum absolute atomic E-state index is 5.90. The number of hydrogen-bond acceptors (Lipinski definition) is 2. The van der Waals surface area contributed by atoms with Gasteiger partial charge in [-0.25, -0.2) is 0 Å². The maximum Gasteiger partial charge on any atom is 0.0677 e. The van der Waals surface area contributed by atoms with Crippen LogP contribution in [0.2, 0.25) is 5.02 Å². The van der Waals surface area contributed by atoms with Gasteiger partial charge < -0.3 is 0 Å². The number of rotatable bonds is 1. The highest BCUT2D eigenvalue weighted by Crippen LogP contribution is 2.32. The number of halogens is 1. The molecule has 0 amide bonds. The summed E-state index contributed by atoms with van der Waals surface area (Å²) in [5.41, 5.74) is 0. The van der Waals surface area contributed by atoms with Crippen LogP contribution in [0.4, 0.5) is 0 Å². The lowest BCUT2D eigenvalue weighted by Crippen LogP contribution is -1.62. The molecule has 0 saturated carbocycles. The molecule has 1 heterocycles. The van der Waals surface area contributed by atoms with Crippen molar-refractivity contribution in [2.75, 3.05) is 6.26 Å². The molecule has 0 fully saturated rings. The molecule has 0 aromatic carbocycles. The fourth-order valence-corrected chi connectivity index (χ4v) is 2.58. The molecule has 50 valence electrons. The molecule has 0 bridgehead atoms. The van der Waals surface area contributed by atoms with Crippen LogP contribution in [0.25, 0.3) is 0 Å². The monoisotopic (exact) mass is 178 g/mol. The average Bonchev–Trinajstić information content (AvgIpc) is 2.15. The van der Waals surface area contributed by atoms with Crippen molar-refractivity contribution in [3.05, 3.63) is 15.3 Å². The third kappa shape index (κ3) is 1.42. The van der Waals surface area contributed by atoms with E-state index in [0.29, 0.717) is 0 Å². The van der Waals surface area contributed by atoms with Gasteiger partial charge in [0.05, 0.1) is 5.02 Å². The molecule has 0 saturated heterocycles. The maximum atomic E-state index is 5.90. The molecule has 0 aliphatic rings. The van der Waals surface area contributed by atoms with E-state index in [1.165, 1.54) is 9.77 Å². The summed E-state index contributed by atoms with van der Waals surface area (Å²) in [6.07, 6.45) is 2.04. The lowest BCUT2D eigenvalue weighted by Gasteiger charge is -1.88. The first-order chi connectivity index (χ1) is 4.25. The van der Waals surface area contributed by atoms with Crippen molar-refractivity contribution in [1.29, 1.82) is 0 Å². The zero-order valence-electron chi connectivity index (χ0n) is 5.27. The van der Waals surface area contributed by atoms with Gasteiger partial charge in [-0.1, -0.05) is 11.6 Å². The van der Waals surface area contributed by atoms with Crippen molar-refractivity contribution in [2.45, 2.75) is 11.8 Å². The van der Waals surface area contributed by atoms with Crippen LogP contribution in [0.15, 0.2) is 10.3 Å². The lowest BCUT2D eigenvalue weighted by molar-refractivity contribution is 1.51. The van der Waals surface area contributed by atoms with E-state index in [2.05, 4.69) is 5.38 Å². The standard InChI is InChI=1S/C6H7ClS2/c1-4-6(7)5(8-2)3-9-4/h3H,1-2H3. The zero-order chi connectivity index (χ0) is 6.85. The van der Waals surface area contributed by atoms with Crippen molar-refractivity contribution in [3.63, 3.8) is 0 Å². The summed E-state index contributed by atoms with van der Waals surface area (Å²) in [5, 5.41) is 3.01. The summed E-state index contributed by atoms with van der Waals surface area (Å²) in [4.78, 5) is 2.40. The molecule has 0 spiro atoms. The lowest BCUT2D eigenvalue weighted by atomic mass is 10.5. The van der Waals surface area contributed by atoms with Crippen LogP contribution in [0.1, 0.15) is 4.88 Å². The SMILES string of the molecule is CSc1csc(C)c1Cl. The first-order valence-electron chi connectivity index (χ1n) is 2.53. The summed E-state index contributed by atoms with van der Waals surface area (Å²) in [5.74, 6) is 0. The highest BCUT2D eigenvalue weighted by molar-refractivity contribution is 7.98. The Labute approximate surface area is 68.2 Å². The van der Waals surface area contributed by atoms with E-state index < -0.39 is 0 Å². The van der Waals surface area contributed by atoms with E-state index in [4.69, 9.17) is 11.6 Å². The number of aryl methyl sites for hydroxylation is 1. The molecule has 3 heteroatoms. The first-order valence-corrected chi connectivity index (χ1v) is 5.01. The van der Waals surface area contributed by atoms with E-state index in [0.717, 1.165) is 5.02 Å². The van der Waals surface area contributed by atoms with Gasteiger partial charge in [-0.15, -0.1) is 23.1 Å². The fourth-order valence-electron chi connectivity index (χ4n) is 0.557. The Kier molecular flexibility index (Phi) is 2.44. The Morgan fingerprint density at radius 2 is 2.33 bits per heavy atom. The summed E-state index contributed by atoms with van der Waals surface area (Å²) in [7, 11) is 0. The third-order valence-corrected chi connectivity index (χ3v) is 3.62. The molecular formula is C6H7ClS2. The van der Waals surface area contributed by atoms with Gasteiger partial charge in [-0.2, -0.15) is 0 Å². The van der Waals surface area contributed by atoms with Crippen molar-refractivity contribution < 1.29 is 0 Å². The molecule has 0 radical (unpaired) electrons. The third-order valence-electron chi connectivity index (χ3n) is 1.09. The Hall–Kier alpha value is 0.340. The average molecular weight is 179 g/mol. The zero-order valence-corrected chi connectivity index (χ0v) is 7.66. The van der Waals surface area contributed by atoms with Crippen molar-refractivity contribution in [2.24, 2.45) is 0 Å². The van der Waals surface area contributed by atoms with E-state index in [1.54, 1.807) is 23.1 Å². The Morgan fingerprint density at radius 1 is 1.67 bits per heavy atom. The molecule has 1 aromatic rings. The second kappa shape index (κ2) is 2.95. The minimum Gasteiger partial charge on any atom is -0.146 e. The molecule has 0 aliphatic carbocycles. The molecular weight excluding hydrogens is 172 g/mol. The summed E-state index contributed by atoms with van der Waals surface area (Å²) in [6, 6.07) is 0. The summed E-state index contributed by atoms with van der Waals surface area (Å²) in [6.45, 7) is 2.03. The summed E-state index contributed by atoms with van der Waals surface area (Å²) < 4.78 is 0. The van der Waals surface area contributed by atoms with E-state index >= 15 is 0 Å². The van der Waals surface area contributed by atoms with Crippen LogP contribution < -0.4 is 0 Å².